The molecule has 1 aliphatic rings. The standard InChI is InChI=1S/C18H18ClN3O2/c19-13-6-7-15(16(11-13)21-14-4-2-1-3-5-14)22-18(24)12-8-9-20-17(23)10-12/h1-7,11-12,21H,8-10H2,(H,20,23)(H,22,24)/t12-/m1/s1. The summed E-state index contributed by atoms with van der Waals surface area (Å²) in [5.41, 5.74) is 2.24. The van der Waals surface area contributed by atoms with Gasteiger partial charge in [-0.05, 0) is 36.8 Å². The fourth-order valence-corrected chi connectivity index (χ4v) is 2.82. The van der Waals surface area contributed by atoms with Crippen LogP contribution >= 0.6 is 11.6 Å². The van der Waals surface area contributed by atoms with Gasteiger partial charge in [0.2, 0.25) is 11.8 Å². The van der Waals surface area contributed by atoms with Crippen LogP contribution in [0.25, 0.3) is 0 Å². The molecule has 3 N–H and O–H groups in total. The Bertz CT molecular complexity index is 749. The van der Waals surface area contributed by atoms with Gasteiger partial charge in [-0.2, -0.15) is 0 Å². The first-order valence-electron chi connectivity index (χ1n) is 7.81. The largest absolute Gasteiger partial charge is 0.356 e. The predicted octanol–water partition coefficient (Wildman–Crippen LogP) is 3.55. The molecular weight excluding hydrogens is 326 g/mol. The number of piperidine rings is 1. The number of carbonyl (C=O) groups is 2. The van der Waals surface area contributed by atoms with Gasteiger partial charge in [-0.3, -0.25) is 9.59 Å². The minimum Gasteiger partial charge on any atom is -0.356 e. The van der Waals surface area contributed by atoms with Crippen molar-refractivity contribution in [3.63, 3.8) is 0 Å². The van der Waals surface area contributed by atoms with E-state index in [2.05, 4.69) is 16.0 Å². The van der Waals surface area contributed by atoms with Crippen molar-refractivity contribution in [3.8, 4) is 0 Å². The molecule has 1 aliphatic heterocycles. The van der Waals surface area contributed by atoms with Crippen LogP contribution in [-0.2, 0) is 9.59 Å². The highest BCUT2D eigenvalue weighted by atomic mass is 35.5. The Hall–Kier alpha value is -2.53. The van der Waals surface area contributed by atoms with Gasteiger partial charge >= 0.3 is 0 Å². The van der Waals surface area contributed by atoms with E-state index in [1.807, 2.05) is 30.3 Å². The van der Waals surface area contributed by atoms with Crippen LogP contribution in [0.2, 0.25) is 5.02 Å². The zero-order chi connectivity index (χ0) is 16.9. The van der Waals surface area contributed by atoms with E-state index < -0.39 is 0 Å². The van der Waals surface area contributed by atoms with E-state index in [1.54, 1.807) is 18.2 Å². The molecule has 124 valence electrons. The first-order valence-corrected chi connectivity index (χ1v) is 8.19. The van der Waals surface area contributed by atoms with Gasteiger partial charge in [-0.1, -0.05) is 29.8 Å². The fourth-order valence-electron chi connectivity index (χ4n) is 2.65. The van der Waals surface area contributed by atoms with Crippen LogP contribution in [0.3, 0.4) is 0 Å². The lowest BCUT2D eigenvalue weighted by Crippen LogP contribution is -2.38. The average molecular weight is 344 g/mol. The highest BCUT2D eigenvalue weighted by Crippen LogP contribution is 2.29. The Kier molecular flexibility index (Phi) is 5.01. The van der Waals surface area contributed by atoms with Gasteiger partial charge in [0.25, 0.3) is 0 Å². The Morgan fingerprint density at radius 3 is 2.67 bits per heavy atom. The third-order valence-electron chi connectivity index (χ3n) is 3.91. The summed E-state index contributed by atoms with van der Waals surface area (Å²) in [6.07, 6.45) is 0.869. The first kappa shape index (κ1) is 16.3. The third kappa shape index (κ3) is 4.06. The lowest BCUT2D eigenvalue weighted by Gasteiger charge is -2.22. The third-order valence-corrected chi connectivity index (χ3v) is 4.14. The minimum absolute atomic E-state index is 0.0832. The molecule has 1 saturated heterocycles. The van der Waals surface area contributed by atoms with Crippen LogP contribution < -0.4 is 16.0 Å². The lowest BCUT2D eigenvalue weighted by atomic mass is 9.96. The number of hydrogen-bond acceptors (Lipinski definition) is 3. The van der Waals surface area contributed by atoms with E-state index in [4.69, 9.17) is 11.6 Å². The summed E-state index contributed by atoms with van der Waals surface area (Å²) in [5.74, 6) is -0.539. The number of nitrogens with one attached hydrogen (secondary N) is 3. The van der Waals surface area contributed by atoms with Crippen LogP contribution in [0.1, 0.15) is 12.8 Å². The number of anilines is 3. The lowest BCUT2D eigenvalue weighted by molar-refractivity contribution is -0.129. The zero-order valence-electron chi connectivity index (χ0n) is 13.0. The summed E-state index contributed by atoms with van der Waals surface area (Å²) in [6.45, 7) is 0.534. The summed E-state index contributed by atoms with van der Waals surface area (Å²) < 4.78 is 0. The maximum atomic E-state index is 12.5. The van der Waals surface area contributed by atoms with E-state index in [0.717, 1.165) is 5.69 Å². The van der Waals surface area contributed by atoms with Crippen molar-refractivity contribution >= 4 is 40.5 Å². The molecule has 0 saturated carbocycles. The summed E-state index contributed by atoms with van der Waals surface area (Å²) in [6, 6.07) is 14.9. The van der Waals surface area contributed by atoms with Crippen LogP contribution in [0.4, 0.5) is 17.1 Å². The topological polar surface area (TPSA) is 70.2 Å². The molecule has 0 spiro atoms. The second-order valence-corrected chi connectivity index (χ2v) is 6.15. The van der Waals surface area contributed by atoms with Gasteiger partial charge in [0.05, 0.1) is 11.4 Å². The monoisotopic (exact) mass is 343 g/mol. The van der Waals surface area contributed by atoms with Crippen molar-refractivity contribution in [1.29, 1.82) is 0 Å². The molecule has 1 atom stereocenters. The highest BCUT2D eigenvalue weighted by molar-refractivity contribution is 6.31. The van der Waals surface area contributed by atoms with Gasteiger partial charge in [0.1, 0.15) is 0 Å². The molecule has 0 aromatic heterocycles. The van der Waals surface area contributed by atoms with Crippen LogP contribution in [0, 0.1) is 5.92 Å². The molecule has 2 aromatic carbocycles. The molecule has 0 radical (unpaired) electrons. The molecule has 1 fully saturated rings. The predicted molar refractivity (Wildman–Crippen MR) is 95.5 cm³/mol. The maximum absolute atomic E-state index is 12.5. The van der Waals surface area contributed by atoms with E-state index >= 15 is 0 Å². The summed E-state index contributed by atoms with van der Waals surface area (Å²) in [7, 11) is 0. The Labute approximate surface area is 145 Å². The number of halogens is 1. The number of carbonyl (C=O) groups excluding carboxylic acids is 2. The molecule has 1 heterocycles. The van der Waals surface area contributed by atoms with Crippen molar-refractivity contribution < 1.29 is 9.59 Å². The fraction of sp³-hybridized carbons (Fsp3) is 0.222. The minimum atomic E-state index is -0.306. The SMILES string of the molecule is O=C1C[C@H](C(=O)Nc2ccc(Cl)cc2Nc2ccccc2)CCN1. The summed E-state index contributed by atoms with van der Waals surface area (Å²) in [5, 5.41) is 9.47. The molecule has 24 heavy (non-hydrogen) atoms. The molecule has 2 amide bonds. The summed E-state index contributed by atoms with van der Waals surface area (Å²) >= 11 is 6.08. The summed E-state index contributed by atoms with van der Waals surface area (Å²) in [4.78, 5) is 23.9. The van der Waals surface area contributed by atoms with Crippen molar-refractivity contribution in [2.75, 3.05) is 17.2 Å². The van der Waals surface area contributed by atoms with E-state index in [-0.39, 0.29) is 24.2 Å². The van der Waals surface area contributed by atoms with Gasteiger partial charge in [-0.15, -0.1) is 0 Å². The first-order chi connectivity index (χ1) is 11.6. The number of benzene rings is 2. The van der Waals surface area contributed by atoms with Crippen LogP contribution in [0.5, 0.6) is 0 Å². The Balaban J connectivity index is 1.77. The van der Waals surface area contributed by atoms with Gasteiger partial charge in [-0.25, -0.2) is 0 Å². The smallest absolute Gasteiger partial charge is 0.228 e. The second-order valence-electron chi connectivity index (χ2n) is 5.71. The Morgan fingerprint density at radius 1 is 1.12 bits per heavy atom. The van der Waals surface area contributed by atoms with E-state index in [1.165, 1.54) is 0 Å². The maximum Gasteiger partial charge on any atom is 0.228 e. The molecule has 0 unspecified atom stereocenters. The van der Waals surface area contributed by atoms with Crippen molar-refractivity contribution in [1.82, 2.24) is 5.32 Å². The highest BCUT2D eigenvalue weighted by Gasteiger charge is 2.26. The Morgan fingerprint density at radius 2 is 1.92 bits per heavy atom. The molecule has 5 nitrogen and oxygen atoms in total. The van der Waals surface area contributed by atoms with Gasteiger partial charge in [0, 0.05) is 29.6 Å². The zero-order valence-corrected chi connectivity index (χ0v) is 13.8. The molecule has 3 rings (SSSR count). The number of amides is 2. The van der Waals surface area contributed by atoms with Crippen molar-refractivity contribution in [3.05, 3.63) is 53.6 Å². The molecule has 0 aliphatic carbocycles. The molecule has 0 bridgehead atoms. The quantitative estimate of drug-likeness (QED) is 0.795. The van der Waals surface area contributed by atoms with Gasteiger partial charge in [0.15, 0.2) is 0 Å². The second kappa shape index (κ2) is 7.36. The van der Waals surface area contributed by atoms with Crippen LogP contribution in [0.15, 0.2) is 48.5 Å². The van der Waals surface area contributed by atoms with Gasteiger partial charge < -0.3 is 16.0 Å². The van der Waals surface area contributed by atoms with E-state index in [0.29, 0.717) is 29.4 Å². The number of rotatable bonds is 4. The van der Waals surface area contributed by atoms with Crippen molar-refractivity contribution in [2.45, 2.75) is 12.8 Å². The van der Waals surface area contributed by atoms with E-state index in [9.17, 15) is 9.59 Å². The van der Waals surface area contributed by atoms with Crippen LogP contribution in [-0.4, -0.2) is 18.4 Å². The molecular formula is C18H18ClN3O2. The number of para-hydroxylation sites is 1. The normalized spacial score (nSPS) is 17.0. The molecule has 6 heteroatoms. The average Bonchev–Trinajstić information content (AvgIpc) is 2.58. The van der Waals surface area contributed by atoms with Crippen molar-refractivity contribution in [2.24, 2.45) is 5.92 Å². The number of hydrogen-bond donors (Lipinski definition) is 3. The molecule has 2 aromatic rings.